The summed E-state index contributed by atoms with van der Waals surface area (Å²) in [6.07, 6.45) is 45.1. The third kappa shape index (κ3) is 65.1. The van der Waals surface area contributed by atoms with Gasteiger partial charge >= 0.3 is 39.5 Å². The van der Waals surface area contributed by atoms with Crippen molar-refractivity contribution < 1.29 is 80.2 Å². The van der Waals surface area contributed by atoms with Gasteiger partial charge in [-0.1, -0.05) is 306 Å². The van der Waals surface area contributed by atoms with Crippen LogP contribution >= 0.6 is 15.6 Å². The average Bonchev–Trinajstić information content (AvgIpc) is 1.99. The Morgan fingerprint density at radius 3 is 0.780 bits per heavy atom. The molecule has 0 amide bonds. The Morgan fingerprint density at radius 2 is 0.527 bits per heavy atom. The van der Waals surface area contributed by atoms with Gasteiger partial charge in [0.25, 0.3) is 0 Å². The minimum Gasteiger partial charge on any atom is -0.462 e. The maximum absolute atomic E-state index is 13.0. The second-order valence-electron chi connectivity index (χ2n) is 27.6. The average molecular weight is 1340 g/mol. The van der Waals surface area contributed by atoms with E-state index in [2.05, 4.69) is 55.4 Å². The number of rotatable bonds is 69. The second-order valence-corrected chi connectivity index (χ2v) is 30.6. The molecule has 0 saturated heterocycles. The van der Waals surface area contributed by atoms with Crippen molar-refractivity contribution in [2.24, 2.45) is 23.7 Å². The number of carbonyl (C=O) groups excluding carboxylic acids is 4. The van der Waals surface area contributed by atoms with E-state index < -0.39 is 97.5 Å². The van der Waals surface area contributed by atoms with Gasteiger partial charge in [-0.3, -0.25) is 37.3 Å². The first-order valence-electron chi connectivity index (χ1n) is 37.2. The van der Waals surface area contributed by atoms with Crippen molar-refractivity contribution in [3.05, 3.63) is 0 Å². The highest BCUT2D eigenvalue weighted by molar-refractivity contribution is 7.47. The minimum atomic E-state index is -4.95. The number of carbonyl (C=O) groups is 4. The number of ether oxygens (including phenoxy) is 4. The van der Waals surface area contributed by atoms with E-state index in [1.807, 2.05) is 0 Å². The van der Waals surface area contributed by atoms with Crippen molar-refractivity contribution in [1.29, 1.82) is 0 Å². The maximum atomic E-state index is 13.0. The van der Waals surface area contributed by atoms with Crippen LogP contribution in [0.1, 0.15) is 357 Å². The fraction of sp³-hybridized carbons (Fsp3) is 0.944. The molecule has 540 valence electrons. The van der Waals surface area contributed by atoms with E-state index in [4.69, 9.17) is 37.0 Å². The van der Waals surface area contributed by atoms with Crippen LogP contribution in [0.25, 0.3) is 0 Å². The molecule has 0 spiro atoms. The van der Waals surface area contributed by atoms with Crippen LogP contribution in [-0.4, -0.2) is 96.7 Å². The van der Waals surface area contributed by atoms with Crippen molar-refractivity contribution >= 4 is 39.5 Å². The number of phosphoric acid groups is 2. The summed E-state index contributed by atoms with van der Waals surface area (Å²) in [5, 5.41) is 10.6. The lowest BCUT2D eigenvalue weighted by molar-refractivity contribution is -0.161. The van der Waals surface area contributed by atoms with Crippen LogP contribution in [0.2, 0.25) is 0 Å². The van der Waals surface area contributed by atoms with Gasteiger partial charge in [0, 0.05) is 25.7 Å². The Hall–Kier alpha value is -1.94. The number of aliphatic hydroxyl groups is 1. The zero-order chi connectivity index (χ0) is 67.5. The summed E-state index contributed by atoms with van der Waals surface area (Å²) < 4.78 is 68.2. The quantitative estimate of drug-likeness (QED) is 0.0222. The minimum absolute atomic E-state index is 0.101. The van der Waals surface area contributed by atoms with Crippen molar-refractivity contribution in [3.63, 3.8) is 0 Å². The summed E-state index contributed by atoms with van der Waals surface area (Å²) in [7, 11) is -9.90. The van der Waals surface area contributed by atoms with E-state index in [1.165, 1.54) is 161 Å². The highest BCUT2D eigenvalue weighted by atomic mass is 31.2. The Labute approximate surface area is 556 Å². The fourth-order valence-electron chi connectivity index (χ4n) is 10.8. The molecule has 0 aliphatic rings. The SMILES string of the molecule is CCC(C)CCCCCCCCCCCCCCCCCCCCC(=O)OC[C@H](COP(=O)(O)OCC(O)COP(=O)(O)OC[C@@H](COC(=O)CCCCCCCCCCC(C)C)OC(=O)CCCCCCCCC(C)C)OC(=O)CCCCCCCCC(C)C. The molecule has 0 bridgehead atoms. The van der Waals surface area contributed by atoms with Gasteiger partial charge in [-0.05, 0) is 49.4 Å². The second kappa shape index (κ2) is 61.6. The van der Waals surface area contributed by atoms with Gasteiger partial charge in [0.2, 0.25) is 0 Å². The largest absolute Gasteiger partial charge is 0.472 e. The zero-order valence-corrected chi connectivity index (χ0v) is 61.3. The molecule has 17 nitrogen and oxygen atoms in total. The van der Waals surface area contributed by atoms with Crippen LogP contribution in [-0.2, 0) is 65.4 Å². The molecule has 0 aliphatic heterocycles. The number of esters is 4. The molecule has 0 rings (SSSR count). The van der Waals surface area contributed by atoms with Gasteiger partial charge in [-0.2, -0.15) is 0 Å². The molecule has 0 aliphatic carbocycles. The standard InChI is InChI=1S/C72H140O17P2/c1-9-65(8)51-43-35-25-20-18-16-14-12-10-11-13-15-17-19-21-26-36-44-52-69(74)82-58-67(88-71(76)54-46-38-30-28-33-41-49-63(4)5)60-86-90(78,79)84-56-66(73)57-85-91(80,81)87-61-68(89-72(77)55-47-39-31-29-34-42-50-64(6)7)59-83-70(75)53-45-37-27-23-22-24-32-40-48-62(2)3/h62-68,73H,9-61H2,1-8H3,(H,78,79)(H,80,81)/t65?,66?,67-,68-/m1/s1. The highest BCUT2D eigenvalue weighted by Gasteiger charge is 2.30. The highest BCUT2D eigenvalue weighted by Crippen LogP contribution is 2.45. The summed E-state index contributed by atoms with van der Waals surface area (Å²) in [4.78, 5) is 72.4. The van der Waals surface area contributed by atoms with Gasteiger partial charge in [-0.15, -0.1) is 0 Å². The molecule has 19 heteroatoms. The summed E-state index contributed by atoms with van der Waals surface area (Å²) >= 11 is 0. The van der Waals surface area contributed by atoms with Crippen molar-refractivity contribution in [3.8, 4) is 0 Å². The Balaban J connectivity index is 5.07. The van der Waals surface area contributed by atoms with Crippen LogP contribution in [0.3, 0.4) is 0 Å². The zero-order valence-electron chi connectivity index (χ0n) is 59.5. The molecule has 91 heavy (non-hydrogen) atoms. The van der Waals surface area contributed by atoms with Crippen molar-refractivity contribution in [2.45, 2.75) is 375 Å². The topological polar surface area (TPSA) is 237 Å². The van der Waals surface area contributed by atoms with Gasteiger partial charge in [0.1, 0.15) is 19.3 Å². The number of aliphatic hydroxyl groups excluding tert-OH is 1. The molecule has 0 aromatic carbocycles. The molecule has 3 N–H and O–H groups in total. The summed E-state index contributed by atoms with van der Waals surface area (Å²) in [5.41, 5.74) is 0. The van der Waals surface area contributed by atoms with Crippen LogP contribution in [0, 0.1) is 23.7 Å². The molecule has 0 saturated carbocycles. The maximum Gasteiger partial charge on any atom is 0.472 e. The normalized spacial score (nSPS) is 14.5. The fourth-order valence-corrected chi connectivity index (χ4v) is 12.4. The Kier molecular flexibility index (Phi) is 60.3. The van der Waals surface area contributed by atoms with E-state index in [1.54, 1.807) is 0 Å². The van der Waals surface area contributed by atoms with E-state index >= 15 is 0 Å². The third-order valence-electron chi connectivity index (χ3n) is 16.9. The molecule has 0 aromatic heterocycles. The first kappa shape index (κ1) is 89.1. The molecule has 4 unspecified atom stereocenters. The molecule has 0 fully saturated rings. The van der Waals surface area contributed by atoms with Crippen LogP contribution in [0.15, 0.2) is 0 Å². The van der Waals surface area contributed by atoms with Gasteiger partial charge in [0.05, 0.1) is 26.4 Å². The van der Waals surface area contributed by atoms with E-state index in [0.29, 0.717) is 37.5 Å². The molecular weight excluding hydrogens is 1200 g/mol. The van der Waals surface area contributed by atoms with Gasteiger partial charge < -0.3 is 33.8 Å². The summed E-state index contributed by atoms with van der Waals surface area (Å²) in [6.45, 7) is 14.0. The number of phosphoric ester groups is 2. The summed E-state index contributed by atoms with van der Waals surface area (Å²) in [5.74, 6) is 0.801. The lowest BCUT2D eigenvalue weighted by Gasteiger charge is -2.21. The lowest BCUT2D eigenvalue weighted by Crippen LogP contribution is -2.30. The van der Waals surface area contributed by atoms with Crippen molar-refractivity contribution in [2.75, 3.05) is 39.6 Å². The smallest absolute Gasteiger partial charge is 0.462 e. The summed E-state index contributed by atoms with van der Waals surface area (Å²) in [6, 6.07) is 0. The van der Waals surface area contributed by atoms with Gasteiger partial charge in [-0.25, -0.2) is 9.13 Å². The Bertz CT molecular complexity index is 1800. The van der Waals surface area contributed by atoms with Crippen LogP contribution in [0.4, 0.5) is 0 Å². The van der Waals surface area contributed by atoms with Crippen molar-refractivity contribution in [1.82, 2.24) is 0 Å². The molecule has 0 radical (unpaired) electrons. The predicted octanol–water partition coefficient (Wildman–Crippen LogP) is 20.5. The van der Waals surface area contributed by atoms with E-state index in [9.17, 15) is 43.2 Å². The number of hydrogen-bond acceptors (Lipinski definition) is 15. The van der Waals surface area contributed by atoms with E-state index in [0.717, 1.165) is 102 Å². The monoisotopic (exact) mass is 1340 g/mol. The molecule has 6 atom stereocenters. The number of unbranched alkanes of at least 4 members (excludes halogenated alkanes) is 34. The third-order valence-corrected chi connectivity index (χ3v) is 18.8. The molecule has 0 aromatic rings. The lowest BCUT2D eigenvalue weighted by atomic mass is 9.99. The van der Waals surface area contributed by atoms with Gasteiger partial charge in [0.15, 0.2) is 12.2 Å². The number of hydrogen-bond donors (Lipinski definition) is 3. The molecular formula is C72H140O17P2. The Morgan fingerprint density at radius 1 is 0.308 bits per heavy atom. The van der Waals surface area contributed by atoms with Crippen LogP contribution in [0.5, 0.6) is 0 Å². The first-order chi connectivity index (χ1) is 43.6. The molecule has 0 heterocycles. The predicted molar refractivity (Wildman–Crippen MR) is 367 cm³/mol. The van der Waals surface area contributed by atoms with Crippen LogP contribution < -0.4 is 0 Å². The first-order valence-corrected chi connectivity index (χ1v) is 40.2. The van der Waals surface area contributed by atoms with E-state index in [-0.39, 0.29) is 25.7 Å².